The first-order valence-corrected chi connectivity index (χ1v) is 5.37. The van der Waals surface area contributed by atoms with Crippen LogP contribution in [0.2, 0.25) is 0 Å². The number of methoxy groups -OCH3 is 1. The van der Waals surface area contributed by atoms with Gasteiger partial charge in [0.1, 0.15) is 0 Å². The third-order valence-corrected chi connectivity index (χ3v) is 3.19. The van der Waals surface area contributed by atoms with Gasteiger partial charge in [-0.25, -0.2) is 0 Å². The Labute approximate surface area is 87.1 Å². The maximum atomic E-state index is 9.57. The van der Waals surface area contributed by atoms with Gasteiger partial charge in [0.2, 0.25) is 0 Å². The molecule has 0 rings (SSSR count). The molecule has 3 nitrogen and oxygen atoms in total. The fourth-order valence-electron chi connectivity index (χ4n) is 1.63. The Morgan fingerprint density at radius 3 is 2.21 bits per heavy atom. The van der Waals surface area contributed by atoms with Crippen LogP contribution in [0.5, 0.6) is 0 Å². The Hall–Kier alpha value is -0.120. The van der Waals surface area contributed by atoms with Crippen LogP contribution in [0.25, 0.3) is 0 Å². The topological polar surface area (TPSA) is 49.7 Å². The summed E-state index contributed by atoms with van der Waals surface area (Å²) in [7, 11) is 1.70. The maximum Gasteiger partial charge on any atom is 0.0799 e. The van der Waals surface area contributed by atoms with Gasteiger partial charge >= 0.3 is 0 Å². The summed E-state index contributed by atoms with van der Waals surface area (Å²) in [5.41, 5.74) is -0.184. The summed E-state index contributed by atoms with van der Waals surface area (Å²) in [4.78, 5) is 0. The van der Waals surface area contributed by atoms with E-state index in [4.69, 9.17) is 9.84 Å². The molecule has 0 aliphatic rings. The smallest absolute Gasteiger partial charge is 0.0799 e. The first kappa shape index (κ1) is 13.9. The Kier molecular flexibility index (Phi) is 6.33. The van der Waals surface area contributed by atoms with Gasteiger partial charge in [-0.3, -0.25) is 0 Å². The molecule has 0 spiro atoms. The fourth-order valence-corrected chi connectivity index (χ4v) is 1.63. The van der Waals surface area contributed by atoms with Crippen molar-refractivity contribution in [3.8, 4) is 0 Å². The quantitative estimate of drug-likeness (QED) is 0.662. The van der Waals surface area contributed by atoms with E-state index >= 15 is 0 Å². The molecule has 3 atom stereocenters. The first-order valence-electron chi connectivity index (χ1n) is 5.37. The lowest BCUT2D eigenvalue weighted by Crippen LogP contribution is -2.35. The number of ether oxygens (including phenoxy) is 1. The van der Waals surface area contributed by atoms with Gasteiger partial charge < -0.3 is 14.9 Å². The number of aliphatic hydroxyl groups is 2. The van der Waals surface area contributed by atoms with E-state index in [2.05, 4.69) is 6.92 Å². The Morgan fingerprint density at radius 1 is 1.36 bits per heavy atom. The van der Waals surface area contributed by atoms with E-state index in [1.807, 2.05) is 13.8 Å². The van der Waals surface area contributed by atoms with Crippen LogP contribution in [-0.4, -0.2) is 35.6 Å². The molecule has 3 unspecified atom stereocenters. The summed E-state index contributed by atoms with van der Waals surface area (Å²) in [6, 6.07) is 0. The second kappa shape index (κ2) is 6.38. The standard InChI is InChI=1S/C11H24O3/c1-5-9(10(13)8-12)7-11(3,6-2)14-4/h9-10,12-13H,5-8H2,1-4H3. The normalized spacial score (nSPS) is 20.1. The molecule has 0 aromatic rings. The Bertz CT molecular complexity index is 143. The number of hydrogen-bond acceptors (Lipinski definition) is 3. The number of rotatable bonds is 7. The minimum atomic E-state index is -0.624. The minimum absolute atomic E-state index is 0.116. The highest BCUT2D eigenvalue weighted by Gasteiger charge is 2.28. The summed E-state index contributed by atoms with van der Waals surface area (Å²) in [5.74, 6) is 0.116. The van der Waals surface area contributed by atoms with Crippen molar-refractivity contribution < 1.29 is 14.9 Å². The molecule has 14 heavy (non-hydrogen) atoms. The lowest BCUT2D eigenvalue weighted by Gasteiger charge is -2.32. The molecule has 0 saturated heterocycles. The lowest BCUT2D eigenvalue weighted by molar-refractivity contribution is -0.0455. The molecule has 0 aliphatic heterocycles. The molecule has 86 valence electrons. The van der Waals surface area contributed by atoms with Crippen molar-refractivity contribution in [2.75, 3.05) is 13.7 Å². The largest absolute Gasteiger partial charge is 0.394 e. The first-order chi connectivity index (χ1) is 6.52. The van der Waals surface area contributed by atoms with Crippen molar-refractivity contribution >= 4 is 0 Å². The summed E-state index contributed by atoms with van der Waals surface area (Å²) < 4.78 is 5.42. The second-order valence-corrected chi connectivity index (χ2v) is 4.13. The van der Waals surface area contributed by atoms with Crippen LogP contribution in [0, 0.1) is 5.92 Å². The Morgan fingerprint density at radius 2 is 1.93 bits per heavy atom. The zero-order chi connectivity index (χ0) is 11.2. The SMILES string of the molecule is CCC(CC(C)(CC)OC)C(O)CO. The van der Waals surface area contributed by atoms with Gasteiger partial charge in [0.25, 0.3) is 0 Å². The van der Waals surface area contributed by atoms with Crippen LogP contribution in [0.15, 0.2) is 0 Å². The predicted octanol–water partition coefficient (Wildman–Crippen LogP) is 1.57. The van der Waals surface area contributed by atoms with E-state index in [1.165, 1.54) is 0 Å². The van der Waals surface area contributed by atoms with E-state index in [1.54, 1.807) is 7.11 Å². The molecule has 0 heterocycles. The molecule has 0 amide bonds. The number of aliphatic hydroxyl groups excluding tert-OH is 2. The molecule has 0 radical (unpaired) electrons. The summed E-state index contributed by atoms with van der Waals surface area (Å²) in [6.45, 7) is 5.97. The maximum absolute atomic E-state index is 9.57. The average Bonchev–Trinajstić information content (AvgIpc) is 2.24. The van der Waals surface area contributed by atoms with Crippen molar-refractivity contribution in [3.63, 3.8) is 0 Å². The van der Waals surface area contributed by atoms with Crippen LogP contribution in [0.1, 0.15) is 40.0 Å². The van der Waals surface area contributed by atoms with Crippen molar-refractivity contribution in [2.24, 2.45) is 5.92 Å². The van der Waals surface area contributed by atoms with Gasteiger partial charge in [-0.2, -0.15) is 0 Å². The highest BCUT2D eigenvalue weighted by molar-refractivity contribution is 4.80. The molecule has 0 aromatic carbocycles. The molecular weight excluding hydrogens is 180 g/mol. The van der Waals surface area contributed by atoms with E-state index < -0.39 is 6.10 Å². The van der Waals surface area contributed by atoms with E-state index in [0.29, 0.717) is 0 Å². The van der Waals surface area contributed by atoms with Crippen LogP contribution in [0.3, 0.4) is 0 Å². The zero-order valence-corrected chi connectivity index (χ0v) is 9.79. The molecule has 0 fully saturated rings. The molecule has 3 heteroatoms. The van der Waals surface area contributed by atoms with Crippen molar-refractivity contribution in [1.29, 1.82) is 0 Å². The van der Waals surface area contributed by atoms with Crippen LogP contribution >= 0.6 is 0 Å². The van der Waals surface area contributed by atoms with Crippen molar-refractivity contribution in [3.05, 3.63) is 0 Å². The summed E-state index contributed by atoms with van der Waals surface area (Å²) in [6.07, 6.45) is 1.94. The second-order valence-electron chi connectivity index (χ2n) is 4.13. The highest BCUT2D eigenvalue weighted by atomic mass is 16.5. The van der Waals surface area contributed by atoms with Crippen LogP contribution < -0.4 is 0 Å². The van der Waals surface area contributed by atoms with Gasteiger partial charge in [0.05, 0.1) is 18.3 Å². The molecular formula is C11H24O3. The predicted molar refractivity (Wildman–Crippen MR) is 57.2 cm³/mol. The van der Waals surface area contributed by atoms with Gasteiger partial charge in [-0.05, 0) is 25.7 Å². The average molecular weight is 204 g/mol. The van der Waals surface area contributed by atoms with E-state index in [9.17, 15) is 5.11 Å². The van der Waals surface area contributed by atoms with Crippen LogP contribution in [-0.2, 0) is 4.74 Å². The zero-order valence-electron chi connectivity index (χ0n) is 9.79. The monoisotopic (exact) mass is 204 g/mol. The summed E-state index contributed by atoms with van der Waals surface area (Å²) in [5, 5.41) is 18.5. The highest BCUT2D eigenvalue weighted by Crippen LogP contribution is 2.27. The molecule has 0 bridgehead atoms. The third kappa shape index (κ3) is 3.95. The van der Waals surface area contributed by atoms with Gasteiger partial charge in [0.15, 0.2) is 0 Å². The van der Waals surface area contributed by atoms with E-state index in [-0.39, 0.29) is 18.1 Å². The van der Waals surface area contributed by atoms with Crippen LogP contribution in [0.4, 0.5) is 0 Å². The Balaban J connectivity index is 4.28. The third-order valence-electron chi connectivity index (χ3n) is 3.19. The van der Waals surface area contributed by atoms with Crippen molar-refractivity contribution in [2.45, 2.75) is 51.7 Å². The van der Waals surface area contributed by atoms with Gasteiger partial charge in [0, 0.05) is 7.11 Å². The van der Waals surface area contributed by atoms with Gasteiger partial charge in [-0.1, -0.05) is 20.3 Å². The lowest BCUT2D eigenvalue weighted by atomic mass is 9.85. The molecule has 0 aliphatic carbocycles. The number of hydrogen-bond donors (Lipinski definition) is 2. The minimum Gasteiger partial charge on any atom is -0.394 e. The van der Waals surface area contributed by atoms with Crippen molar-refractivity contribution in [1.82, 2.24) is 0 Å². The van der Waals surface area contributed by atoms with Gasteiger partial charge in [-0.15, -0.1) is 0 Å². The fraction of sp³-hybridized carbons (Fsp3) is 1.00. The van der Waals surface area contributed by atoms with E-state index in [0.717, 1.165) is 19.3 Å². The summed E-state index contributed by atoms with van der Waals surface area (Å²) >= 11 is 0. The molecule has 0 saturated carbocycles. The molecule has 2 N–H and O–H groups in total. The molecule has 0 aromatic heterocycles.